The maximum absolute atomic E-state index is 13.2. The minimum absolute atomic E-state index is 0.0635. The summed E-state index contributed by atoms with van der Waals surface area (Å²) < 4.78 is 5.21. The van der Waals surface area contributed by atoms with Crippen molar-refractivity contribution >= 4 is 28.3 Å². The summed E-state index contributed by atoms with van der Waals surface area (Å²) in [5.74, 6) is -0.602. The van der Waals surface area contributed by atoms with Gasteiger partial charge in [-0.05, 0) is 54.4 Å². The second-order valence-corrected chi connectivity index (χ2v) is 11.7. The standard InChI is InChI=1S/C27H32N4O5S/c1-26-8-7-21(33)27(2,15-32)20(26)12-19-23(30-25(37-19)31-24(35)18-6-4-10-36-18)17(26)11-22(34)29-14-16-5-3-9-28-13-16/h3-6,9-10,13,17,20-21,32-33H,7-8,11-12,14-15H2,1-2H3,(H,29,34)(H,30,31,35)/t17-,20+,21-,26+,27+/m1/s1. The number of thiazole rings is 1. The minimum Gasteiger partial charge on any atom is -0.459 e. The van der Waals surface area contributed by atoms with Crippen LogP contribution in [0.4, 0.5) is 5.13 Å². The van der Waals surface area contributed by atoms with Gasteiger partial charge in [0.15, 0.2) is 10.9 Å². The van der Waals surface area contributed by atoms with Gasteiger partial charge in [-0.1, -0.05) is 19.9 Å². The molecular formula is C27H32N4O5S. The normalized spacial score (nSPS) is 28.7. The Kier molecular flexibility index (Phi) is 6.91. The topological polar surface area (TPSA) is 138 Å². The number of hydrogen-bond acceptors (Lipinski definition) is 8. The fourth-order valence-corrected chi connectivity index (χ4v) is 7.29. The van der Waals surface area contributed by atoms with E-state index in [1.54, 1.807) is 24.5 Å². The molecule has 3 aromatic rings. The Morgan fingerprint density at radius 1 is 1.27 bits per heavy atom. The third-order valence-electron chi connectivity index (χ3n) is 8.46. The molecule has 4 N–H and O–H groups in total. The first-order valence-electron chi connectivity index (χ1n) is 12.5. The first-order valence-corrected chi connectivity index (χ1v) is 13.3. The largest absolute Gasteiger partial charge is 0.459 e. The van der Waals surface area contributed by atoms with Gasteiger partial charge in [-0.3, -0.25) is 19.9 Å². The summed E-state index contributed by atoms with van der Waals surface area (Å²) in [6.07, 6.45) is 6.29. The van der Waals surface area contributed by atoms with Crippen LogP contribution < -0.4 is 10.6 Å². The molecule has 2 aliphatic carbocycles. The number of aromatic nitrogens is 2. The smallest absolute Gasteiger partial charge is 0.293 e. The minimum atomic E-state index is -0.712. The second kappa shape index (κ2) is 10.00. The number of hydrogen-bond donors (Lipinski definition) is 4. The Hall–Kier alpha value is -3.08. The molecule has 10 heteroatoms. The molecule has 5 rings (SSSR count). The number of amides is 2. The molecule has 37 heavy (non-hydrogen) atoms. The number of aliphatic hydroxyl groups is 2. The van der Waals surface area contributed by atoms with Crippen LogP contribution in [0, 0.1) is 16.7 Å². The van der Waals surface area contributed by atoms with Gasteiger partial charge in [0.05, 0.1) is 24.7 Å². The zero-order chi connectivity index (χ0) is 26.2. The van der Waals surface area contributed by atoms with Crippen molar-refractivity contribution in [2.24, 2.45) is 16.7 Å². The van der Waals surface area contributed by atoms with Crippen LogP contribution in [-0.2, 0) is 17.8 Å². The van der Waals surface area contributed by atoms with Crippen molar-refractivity contribution in [2.75, 3.05) is 11.9 Å². The maximum atomic E-state index is 13.2. The molecule has 196 valence electrons. The predicted octanol–water partition coefficient (Wildman–Crippen LogP) is 3.51. The number of anilines is 1. The number of carbonyl (C=O) groups excluding carboxylic acids is 2. The van der Waals surface area contributed by atoms with Crippen LogP contribution >= 0.6 is 11.3 Å². The molecule has 1 fully saturated rings. The molecule has 0 unspecified atom stereocenters. The van der Waals surface area contributed by atoms with E-state index >= 15 is 0 Å². The van der Waals surface area contributed by atoms with E-state index < -0.39 is 11.5 Å². The van der Waals surface area contributed by atoms with E-state index in [2.05, 4.69) is 22.5 Å². The van der Waals surface area contributed by atoms with E-state index in [0.29, 0.717) is 30.9 Å². The van der Waals surface area contributed by atoms with Gasteiger partial charge in [0.2, 0.25) is 5.91 Å². The van der Waals surface area contributed by atoms with E-state index in [1.807, 2.05) is 19.1 Å². The highest BCUT2D eigenvalue weighted by molar-refractivity contribution is 7.15. The number of fused-ring (bicyclic) bond motifs is 2. The maximum Gasteiger partial charge on any atom is 0.293 e. The Bertz CT molecular complexity index is 1260. The molecule has 0 bridgehead atoms. The first-order chi connectivity index (χ1) is 17.7. The van der Waals surface area contributed by atoms with Gasteiger partial charge in [0.1, 0.15) is 0 Å². The summed E-state index contributed by atoms with van der Waals surface area (Å²) >= 11 is 1.38. The molecule has 2 amide bonds. The van der Waals surface area contributed by atoms with Gasteiger partial charge in [0.25, 0.3) is 5.91 Å². The SMILES string of the molecule is C[C@]1(CO)[C@H]2Cc3sc(NC(=O)c4ccco4)nc3[C@@H](CC(=O)NCc3cccnc3)[C@]2(C)CC[C@H]1O. The number of pyridine rings is 1. The average Bonchev–Trinajstić information content (AvgIpc) is 3.57. The Morgan fingerprint density at radius 3 is 2.81 bits per heavy atom. The van der Waals surface area contributed by atoms with E-state index in [-0.39, 0.29) is 47.9 Å². The summed E-state index contributed by atoms with van der Waals surface area (Å²) in [4.78, 5) is 35.7. The van der Waals surface area contributed by atoms with Crippen LogP contribution in [0.1, 0.15) is 65.7 Å². The molecule has 0 saturated heterocycles. The number of nitrogens with zero attached hydrogens (tertiary/aromatic N) is 2. The molecule has 3 heterocycles. The lowest BCUT2D eigenvalue weighted by Gasteiger charge is -2.58. The summed E-state index contributed by atoms with van der Waals surface area (Å²) in [5.41, 5.74) is 0.642. The first kappa shape index (κ1) is 25.6. The van der Waals surface area contributed by atoms with Crippen molar-refractivity contribution < 1.29 is 24.2 Å². The van der Waals surface area contributed by atoms with Gasteiger partial charge >= 0.3 is 0 Å². The van der Waals surface area contributed by atoms with Gasteiger partial charge in [-0.25, -0.2) is 4.98 Å². The highest BCUT2D eigenvalue weighted by atomic mass is 32.1. The number of rotatable bonds is 7. The molecule has 5 atom stereocenters. The molecular weight excluding hydrogens is 492 g/mol. The van der Waals surface area contributed by atoms with Crippen LogP contribution in [0.3, 0.4) is 0 Å². The van der Waals surface area contributed by atoms with E-state index in [4.69, 9.17) is 9.40 Å². The summed E-state index contributed by atoms with van der Waals surface area (Å²) in [6.45, 7) is 4.32. The molecule has 0 aliphatic heterocycles. The monoisotopic (exact) mass is 524 g/mol. The molecule has 1 saturated carbocycles. The predicted molar refractivity (Wildman–Crippen MR) is 138 cm³/mol. The van der Waals surface area contributed by atoms with Crippen LogP contribution in [0.15, 0.2) is 47.3 Å². The average molecular weight is 525 g/mol. The van der Waals surface area contributed by atoms with Crippen molar-refractivity contribution in [2.45, 2.75) is 58.1 Å². The van der Waals surface area contributed by atoms with Crippen molar-refractivity contribution in [3.8, 4) is 0 Å². The summed E-state index contributed by atoms with van der Waals surface area (Å²) in [5, 5.41) is 27.6. The lowest BCUT2D eigenvalue weighted by Crippen LogP contribution is -2.57. The van der Waals surface area contributed by atoms with Crippen LogP contribution in [0.25, 0.3) is 0 Å². The Labute approximate surface area is 219 Å². The van der Waals surface area contributed by atoms with Crippen molar-refractivity contribution in [3.05, 3.63) is 64.8 Å². The fraction of sp³-hybridized carbons (Fsp3) is 0.481. The zero-order valence-corrected chi connectivity index (χ0v) is 21.8. The Morgan fingerprint density at radius 2 is 2.11 bits per heavy atom. The molecule has 0 radical (unpaired) electrons. The second-order valence-electron chi connectivity index (χ2n) is 10.6. The highest BCUT2D eigenvalue weighted by Gasteiger charge is 2.59. The lowest BCUT2D eigenvalue weighted by molar-refractivity contribution is -0.144. The Balaban J connectivity index is 1.45. The lowest BCUT2D eigenvalue weighted by atomic mass is 9.47. The van der Waals surface area contributed by atoms with Crippen LogP contribution in [-0.4, -0.2) is 44.7 Å². The molecule has 0 aromatic carbocycles. The van der Waals surface area contributed by atoms with Crippen LogP contribution in [0.5, 0.6) is 0 Å². The number of aliphatic hydroxyl groups excluding tert-OH is 2. The van der Waals surface area contributed by atoms with E-state index in [1.165, 1.54) is 17.6 Å². The van der Waals surface area contributed by atoms with E-state index in [0.717, 1.165) is 16.1 Å². The van der Waals surface area contributed by atoms with Gasteiger partial charge in [0, 0.05) is 41.6 Å². The molecule has 2 aliphatic rings. The quantitative estimate of drug-likeness (QED) is 0.371. The van der Waals surface area contributed by atoms with Gasteiger partial charge < -0.3 is 19.9 Å². The van der Waals surface area contributed by atoms with Crippen molar-refractivity contribution in [1.82, 2.24) is 15.3 Å². The third-order valence-corrected chi connectivity index (χ3v) is 9.47. The number of nitrogens with one attached hydrogen (secondary N) is 2. The zero-order valence-electron chi connectivity index (χ0n) is 20.9. The summed E-state index contributed by atoms with van der Waals surface area (Å²) in [6, 6.07) is 6.97. The van der Waals surface area contributed by atoms with Crippen molar-refractivity contribution in [3.63, 3.8) is 0 Å². The third kappa shape index (κ3) is 4.69. The highest BCUT2D eigenvalue weighted by Crippen LogP contribution is 2.62. The fourth-order valence-electron chi connectivity index (χ4n) is 6.23. The van der Waals surface area contributed by atoms with Crippen molar-refractivity contribution in [1.29, 1.82) is 0 Å². The van der Waals surface area contributed by atoms with Crippen LogP contribution in [0.2, 0.25) is 0 Å². The molecule has 3 aromatic heterocycles. The number of furan rings is 1. The van der Waals surface area contributed by atoms with Gasteiger partial charge in [-0.15, -0.1) is 11.3 Å². The van der Waals surface area contributed by atoms with E-state index in [9.17, 15) is 19.8 Å². The number of carbonyl (C=O) groups is 2. The molecule has 0 spiro atoms. The molecule has 9 nitrogen and oxygen atoms in total. The summed E-state index contributed by atoms with van der Waals surface area (Å²) in [7, 11) is 0. The van der Waals surface area contributed by atoms with Gasteiger partial charge in [-0.2, -0.15) is 0 Å².